The molecule has 1 fully saturated rings. The molecule has 0 saturated carbocycles. The number of hydrogen-bond donors (Lipinski definition) is 1. The van der Waals surface area contributed by atoms with Gasteiger partial charge in [0.2, 0.25) is 5.95 Å². The van der Waals surface area contributed by atoms with Gasteiger partial charge in [-0.15, -0.1) is 6.58 Å². The van der Waals surface area contributed by atoms with Crippen LogP contribution in [0.3, 0.4) is 0 Å². The topological polar surface area (TPSA) is 47.1 Å². The molecule has 1 aromatic rings. The minimum absolute atomic E-state index is 0.310. The first kappa shape index (κ1) is 12.2. The number of rotatable bonds is 4. The Hall–Kier alpha value is -1.29. The molecule has 0 bridgehead atoms. The van der Waals surface area contributed by atoms with E-state index in [1.807, 2.05) is 18.5 Å². The lowest BCUT2D eigenvalue weighted by atomic mass is 9.91. The standard InChI is InChI=1S/C13H22N4/c1-3-7-16-10-6-15-13(16)17-8-4-12(5-9-17)11(2)14/h3,6,10-12H,1,4-5,7-9,14H2,2H3. The van der Waals surface area contributed by atoms with Crippen molar-refractivity contribution in [2.45, 2.75) is 32.4 Å². The van der Waals surface area contributed by atoms with Gasteiger partial charge in [-0.2, -0.15) is 0 Å². The van der Waals surface area contributed by atoms with Crippen molar-refractivity contribution in [2.24, 2.45) is 11.7 Å². The Bertz CT molecular complexity index is 361. The van der Waals surface area contributed by atoms with Gasteiger partial charge in [0.25, 0.3) is 0 Å². The summed E-state index contributed by atoms with van der Waals surface area (Å²) >= 11 is 0. The van der Waals surface area contributed by atoms with Gasteiger partial charge in [-0.05, 0) is 25.7 Å². The Kier molecular flexibility index (Phi) is 3.84. The van der Waals surface area contributed by atoms with Crippen molar-refractivity contribution in [3.63, 3.8) is 0 Å². The highest BCUT2D eigenvalue weighted by Gasteiger charge is 2.23. The fraction of sp³-hybridized carbons (Fsp3) is 0.615. The molecule has 2 heterocycles. The van der Waals surface area contributed by atoms with E-state index < -0.39 is 0 Å². The van der Waals surface area contributed by atoms with Gasteiger partial charge in [-0.1, -0.05) is 6.08 Å². The smallest absolute Gasteiger partial charge is 0.205 e. The predicted molar refractivity (Wildman–Crippen MR) is 71.0 cm³/mol. The van der Waals surface area contributed by atoms with Crippen LogP contribution >= 0.6 is 0 Å². The lowest BCUT2D eigenvalue weighted by Gasteiger charge is -2.34. The Morgan fingerprint density at radius 3 is 2.88 bits per heavy atom. The van der Waals surface area contributed by atoms with Crippen LogP contribution in [0.4, 0.5) is 5.95 Å². The zero-order valence-electron chi connectivity index (χ0n) is 10.5. The fourth-order valence-electron chi connectivity index (χ4n) is 2.49. The van der Waals surface area contributed by atoms with Crippen molar-refractivity contribution in [3.05, 3.63) is 25.0 Å². The van der Waals surface area contributed by atoms with Gasteiger partial charge in [0.15, 0.2) is 0 Å². The second-order valence-corrected chi connectivity index (χ2v) is 4.85. The summed E-state index contributed by atoms with van der Waals surface area (Å²) in [6.07, 6.45) is 8.10. The number of hydrogen-bond acceptors (Lipinski definition) is 3. The van der Waals surface area contributed by atoms with Crippen LogP contribution in [0.5, 0.6) is 0 Å². The van der Waals surface area contributed by atoms with E-state index in [9.17, 15) is 0 Å². The summed E-state index contributed by atoms with van der Waals surface area (Å²) in [7, 11) is 0. The highest BCUT2D eigenvalue weighted by molar-refractivity contribution is 5.32. The van der Waals surface area contributed by atoms with Crippen LogP contribution < -0.4 is 10.6 Å². The maximum atomic E-state index is 5.96. The number of imidazole rings is 1. The maximum absolute atomic E-state index is 5.96. The van der Waals surface area contributed by atoms with Gasteiger partial charge < -0.3 is 15.2 Å². The first-order valence-corrected chi connectivity index (χ1v) is 6.35. The molecule has 1 unspecified atom stereocenters. The molecule has 2 N–H and O–H groups in total. The number of allylic oxidation sites excluding steroid dienone is 1. The van der Waals surface area contributed by atoms with Crippen molar-refractivity contribution in [1.82, 2.24) is 9.55 Å². The molecule has 1 aromatic heterocycles. The van der Waals surface area contributed by atoms with E-state index >= 15 is 0 Å². The van der Waals surface area contributed by atoms with Crippen LogP contribution in [0.2, 0.25) is 0 Å². The van der Waals surface area contributed by atoms with Crippen LogP contribution in [0.25, 0.3) is 0 Å². The molecule has 94 valence electrons. The molecular formula is C13H22N4. The number of nitrogens with zero attached hydrogens (tertiary/aromatic N) is 3. The lowest BCUT2D eigenvalue weighted by Crippen LogP contribution is -2.40. The Balaban J connectivity index is 2.00. The molecule has 0 radical (unpaired) electrons. The van der Waals surface area contributed by atoms with Crippen LogP contribution in [0, 0.1) is 5.92 Å². The third kappa shape index (κ3) is 2.69. The molecule has 17 heavy (non-hydrogen) atoms. The number of aromatic nitrogens is 2. The van der Waals surface area contributed by atoms with E-state index in [-0.39, 0.29) is 0 Å². The van der Waals surface area contributed by atoms with Crippen LogP contribution in [-0.2, 0) is 6.54 Å². The summed E-state index contributed by atoms with van der Waals surface area (Å²) in [5.41, 5.74) is 5.96. The fourth-order valence-corrected chi connectivity index (χ4v) is 2.49. The zero-order valence-corrected chi connectivity index (χ0v) is 10.5. The lowest BCUT2D eigenvalue weighted by molar-refractivity contribution is 0.351. The SMILES string of the molecule is C=CCn1ccnc1N1CCC(C(C)N)CC1. The molecule has 0 aliphatic carbocycles. The Morgan fingerprint density at radius 1 is 1.59 bits per heavy atom. The zero-order chi connectivity index (χ0) is 12.3. The summed E-state index contributed by atoms with van der Waals surface area (Å²) in [6.45, 7) is 8.82. The minimum atomic E-state index is 0.310. The van der Waals surface area contributed by atoms with E-state index in [0.29, 0.717) is 12.0 Å². The maximum Gasteiger partial charge on any atom is 0.205 e. The summed E-state index contributed by atoms with van der Waals surface area (Å²) in [5, 5.41) is 0. The molecule has 1 saturated heterocycles. The molecule has 2 rings (SSSR count). The van der Waals surface area contributed by atoms with Gasteiger partial charge in [0.1, 0.15) is 0 Å². The monoisotopic (exact) mass is 234 g/mol. The van der Waals surface area contributed by atoms with Crippen LogP contribution in [0.15, 0.2) is 25.0 Å². The summed E-state index contributed by atoms with van der Waals surface area (Å²) in [5.74, 6) is 1.72. The first-order valence-electron chi connectivity index (χ1n) is 6.35. The number of anilines is 1. The normalized spacial score (nSPS) is 19.3. The molecule has 4 heteroatoms. The molecule has 4 nitrogen and oxygen atoms in total. The largest absolute Gasteiger partial charge is 0.342 e. The highest BCUT2D eigenvalue weighted by atomic mass is 15.3. The van der Waals surface area contributed by atoms with E-state index in [4.69, 9.17) is 5.73 Å². The van der Waals surface area contributed by atoms with Crippen molar-refractivity contribution in [2.75, 3.05) is 18.0 Å². The van der Waals surface area contributed by atoms with Gasteiger partial charge >= 0.3 is 0 Å². The van der Waals surface area contributed by atoms with Gasteiger partial charge in [-0.25, -0.2) is 4.98 Å². The Morgan fingerprint density at radius 2 is 2.29 bits per heavy atom. The number of piperidine rings is 1. The van der Waals surface area contributed by atoms with Crippen LogP contribution in [-0.4, -0.2) is 28.7 Å². The first-order chi connectivity index (χ1) is 8.22. The molecule has 0 aromatic carbocycles. The summed E-state index contributed by atoms with van der Waals surface area (Å²) in [6, 6.07) is 0.310. The molecule has 0 spiro atoms. The van der Waals surface area contributed by atoms with E-state index in [1.165, 1.54) is 12.8 Å². The highest BCUT2D eigenvalue weighted by Crippen LogP contribution is 2.23. The van der Waals surface area contributed by atoms with Crippen molar-refractivity contribution in [1.29, 1.82) is 0 Å². The third-order valence-corrected chi connectivity index (χ3v) is 3.59. The van der Waals surface area contributed by atoms with Gasteiger partial charge in [-0.3, -0.25) is 0 Å². The summed E-state index contributed by atoms with van der Waals surface area (Å²) < 4.78 is 2.14. The predicted octanol–water partition coefficient (Wildman–Crippen LogP) is 1.63. The third-order valence-electron chi connectivity index (χ3n) is 3.59. The quantitative estimate of drug-likeness (QED) is 0.806. The van der Waals surface area contributed by atoms with E-state index in [1.54, 1.807) is 0 Å². The Labute approximate surface area is 103 Å². The second kappa shape index (κ2) is 5.36. The van der Waals surface area contributed by atoms with Crippen molar-refractivity contribution >= 4 is 5.95 Å². The summed E-state index contributed by atoms with van der Waals surface area (Å²) in [4.78, 5) is 6.79. The molecule has 1 aliphatic heterocycles. The molecule has 0 amide bonds. The van der Waals surface area contributed by atoms with Crippen molar-refractivity contribution < 1.29 is 0 Å². The van der Waals surface area contributed by atoms with E-state index in [2.05, 4.69) is 28.0 Å². The molecule has 1 atom stereocenters. The van der Waals surface area contributed by atoms with E-state index in [0.717, 1.165) is 25.6 Å². The average Bonchev–Trinajstić information content (AvgIpc) is 2.78. The van der Waals surface area contributed by atoms with Gasteiger partial charge in [0.05, 0.1) is 0 Å². The molecule has 1 aliphatic rings. The molecular weight excluding hydrogens is 212 g/mol. The second-order valence-electron chi connectivity index (χ2n) is 4.85. The minimum Gasteiger partial charge on any atom is -0.342 e. The van der Waals surface area contributed by atoms with Gasteiger partial charge in [0, 0.05) is 38.1 Å². The number of nitrogens with two attached hydrogens (primary N) is 1. The van der Waals surface area contributed by atoms with Crippen LogP contribution in [0.1, 0.15) is 19.8 Å². The average molecular weight is 234 g/mol. The van der Waals surface area contributed by atoms with Crippen molar-refractivity contribution in [3.8, 4) is 0 Å².